The summed E-state index contributed by atoms with van der Waals surface area (Å²) in [5.74, 6) is -0.0672. The van der Waals surface area contributed by atoms with Gasteiger partial charge in [-0.25, -0.2) is 4.98 Å². The predicted molar refractivity (Wildman–Crippen MR) is 120 cm³/mol. The number of hydrogen-bond acceptors (Lipinski definition) is 8. The number of aromatic nitrogens is 2. The summed E-state index contributed by atoms with van der Waals surface area (Å²) in [5.41, 5.74) is 2.33. The SMILES string of the molecule is COc1ccc(NC(=O)c2csc(C(=O)Nc3cnccc3N3CCNCC3)n2)cc1. The molecule has 3 heterocycles. The second-order valence-electron chi connectivity index (χ2n) is 6.80. The first kappa shape index (κ1) is 20.8. The Kier molecular flexibility index (Phi) is 6.39. The molecule has 4 rings (SSSR count). The number of hydrogen-bond donors (Lipinski definition) is 3. The average molecular weight is 439 g/mol. The standard InChI is InChI=1S/C21H22N6O3S/c1-30-15-4-2-14(3-5-15)24-19(28)17-13-31-21(26-17)20(29)25-16-12-23-7-6-18(16)27-10-8-22-9-11-27/h2-7,12-13,22H,8-11H2,1H3,(H,24,28)(H,25,29). The van der Waals surface area contributed by atoms with Crippen molar-refractivity contribution in [2.75, 3.05) is 48.8 Å². The first-order valence-corrected chi connectivity index (χ1v) is 10.6. The molecule has 0 aliphatic carbocycles. The van der Waals surface area contributed by atoms with E-state index in [0.717, 1.165) is 43.2 Å². The molecule has 0 atom stereocenters. The van der Waals surface area contributed by atoms with Crippen molar-refractivity contribution < 1.29 is 14.3 Å². The number of piperazine rings is 1. The molecule has 1 fully saturated rings. The quantitative estimate of drug-likeness (QED) is 0.542. The van der Waals surface area contributed by atoms with Gasteiger partial charge in [0.05, 0.1) is 24.7 Å². The highest BCUT2D eigenvalue weighted by molar-refractivity contribution is 7.12. The van der Waals surface area contributed by atoms with Gasteiger partial charge in [0, 0.05) is 43.4 Å². The number of nitrogens with one attached hydrogen (secondary N) is 3. The third kappa shape index (κ3) is 4.98. The number of benzene rings is 1. The van der Waals surface area contributed by atoms with E-state index in [1.54, 1.807) is 49.1 Å². The number of ether oxygens (including phenoxy) is 1. The monoisotopic (exact) mass is 438 g/mol. The topological polar surface area (TPSA) is 108 Å². The van der Waals surface area contributed by atoms with Crippen LogP contribution in [-0.2, 0) is 0 Å². The van der Waals surface area contributed by atoms with Gasteiger partial charge in [-0.2, -0.15) is 0 Å². The second-order valence-corrected chi connectivity index (χ2v) is 7.66. The molecule has 3 aromatic rings. The van der Waals surface area contributed by atoms with Crippen molar-refractivity contribution in [1.29, 1.82) is 0 Å². The smallest absolute Gasteiger partial charge is 0.284 e. The number of thiazole rings is 1. The molecule has 9 nitrogen and oxygen atoms in total. The predicted octanol–water partition coefficient (Wildman–Crippen LogP) is 2.46. The van der Waals surface area contributed by atoms with Crippen LogP contribution in [0, 0.1) is 0 Å². The molecule has 0 saturated carbocycles. The van der Waals surface area contributed by atoms with E-state index in [1.165, 1.54) is 0 Å². The molecule has 0 unspecified atom stereocenters. The number of carbonyl (C=O) groups is 2. The van der Waals surface area contributed by atoms with E-state index < -0.39 is 0 Å². The van der Waals surface area contributed by atoms with E-state index >= 15 is 0 Å². The van der Waals surface area contributed by atoms with Crippen molar-refractivity contribution in [2.45, 2.75) is 0 Å². The normalized spacial score (nSPS) is 13.5. The minimum atomic E-state index is -0.386. The lowest BCUT2D eigenvalue weighted by Crippen LogP contribution is -2.43. The van der Waals surface area contributed by atoms with Gasteiger partial charge in [-0.1, -0.05) is 0 Å². The molecule has 0 radical (unpaired) electrons. The Bertz CT molecular complexity index is 1060. The molecule has 2 aromatic heterocycles. The minimum absolute atomic E-state index is 0.180. The summed E-state index contributed by atoms with van der Waals surface area (Å²) in [6.45, 7) is 3.46. The number of rotatable bonds is 6. The van der Waals surface area contributed by atoms with Gasteiger partial charge < -0.3 is 25.6 Å². The fourth-order valence-corrected chi connectivity index (χ4v) is 3.88. The van der Waals surface area contributed by atoms with Crippen LogP contribution in [0.5, 0.6) is 5.75 Å². The van der Waals surface area contributed by atoms with Crippen molar-refractivity contribution in [3.05, 3.63) is 58.8 Å². The van der Waals surface area contributed by atoms with Gasteiger partial charge in [-0.05, 0) is 30.3 Å². The molecule has 3 N–H and O–H groups in total. The van der Waals surface area contributed by atoms with Crippen molar-refractivity contribution in [3.63, 3.8) is 0 Å². The third-order valence-electron chi connectivity index (χ3n) is 4.78. The summed E-state index contributed by atoms with van der Waals surface area (Å²) in [4.78, 5) is 35.8. The number of nitrogens with zero attached hydrogens (tertiary/aromatic N) is 3. The van der Waals surface area contributed by atoms with Crippen molar-refractivity contribution in [2.24, 2.45) is 0 Å². The molecule has 2 amide bonds. The highest BCUT2D eigenvalue weighted by Crippen LogP contribution is 2.26. The Morgan fingerprint density at radius 1 is 1.10 bits per heavy atom. The molecular formula is C21H22N6O3S. The van der Waals surface area contributed by atoms with Crippen LogP contribution in [0.25, 0.3) is 0 Å². The van der Waals surface area contributed by atoms with Gasteiger partial charge >= 0.3 is 0 Å². The molecule has 1 saturated heterocycles. The third-order valence-corrected chi connectivity index (χ3v) is 5.62. The molecule has 31 heavy (non-hydrogen) atoms. The summed E-state index contributed by atoms with van der Waals surface area (Å²) in [6.07, 6.45) is 3.33. The van der Waals surface area contributed by atoms with Gasteiger partial charge in [0.1, 0.15) is 11.4 Å². The Balaban J connectivity index is 1.43. The molecule has 0 spiro atoms. The molecular weight excluding hydrogens is 416 g/mol. The maximum absolute atomic E-state index is 12.7. The fraction of sp³-hybridized carbons (Fsp3) is 0.238. The first-order chi connectivity index (χ1) is 15.1. The molecule has 1 aromatic carbocycles. The molecule has 160 valence electrons. The van der Waals surface area contributed by atoms with Crippen LogP contribution in [0.2, 0.25) is 0 Å². The van der Waals surface area contributed by atoms with Crippen LogP contribution in [0.4, 0.5) is 17.1 Å². The van der Waals surface area contributed by atoms with Crippen molar-refractivity contribution in [1.82, 2.24) is 15.3 Å². The van der Waals surface area contributed by atoms with Crippen LogP contribution >= 0.6 is 11.3 Å². The highest BCUT2D eigenvalue weighted by Gasteiger charge is 2.19. The molecule has 1 aliphatic rings. The second kappa shape index (κ2) is 9.54. The van der Waals surface area contributed by atoms with E-state index in [1.807, 2.05) is 6.07 Å². The lowest BCUT2D eigenvalue weighted by molar-refractivity contribution is 0.102. The van der Waals surface area contributed by atoms with E-state index in [9.17, 15) is 9.59 Å². The van der Waals surface area contributed by atoms with Gasteiger partial charge in [-0.3, -0.25) is 14.6 Å². The lowest BCUT2D eigenvalue weighted by atomic mass is 10.2. The Hall–Kier alpha value is -3.50. The number of carbonyl (C=O) groups excluding carboxylic acids is 2. The maximum Gasteiger partial charge on any atom is 0.284 e. The average Bonchev–Trinajstić information content (AvgIpc) is 3.31. The lowest BCUT2D eigenvalue weighted by Gasteiger charge is -2.30. The summed E-state index contributed by atoms with van der Waals surface area (Å²) in [7, 11) is 1.58. The Morgan fingerprint density at radius 2 is 1.87 bits per heavy atom. The van der Waals surface area contributed by atoms with Gasteiger partial charge in [-0.15, -0.1) is 11.3 Å². The highest BCUT2D eigenvalue weighted by atomic mass is 32.1. The zero-order chi connectivity index (χ0) is 21.6. The van der Waals surface area contributed by atoms with Crippen LogP contribution in [0.1, 0.15) is 20.3 Å². The van der Waals surface area contributed by atoms with E-state index in [2.05, 4.69) is 30.8 Å². The summed E-state index contributed by atoms with van der Waals surface area (Å²) in [6, 6.07) is 8.85. The van der Waals surface area contributed by atoms with Crippen LogP contribution < -0.4 is 25.6 Å². The Morgan fingerprint density at radius 3 is 2.61 bits per heavy atom. The van der Waals surface area contributed by atoms with Gasteiger partial charge in [0.15, 0.2) is 5.01 Å². The van der Waals surface area contributed by atoms with Gasteiger partial charge in [0.2, 0.25) is 0 Å². The van der Waals surface area contributed by atoms with E-state index in [0.29, 0.717) is 17.1 Å². The molecule has 1 aliphatic heterocycles. The number of amides is 2. The zero-order valence-electron chi connectivity index (χ0n) is 16.9. The van der Waals surface area contributed by atoms with Crippen LogP contribution in [0.15, 0.2) is 48.1 Å². The Labute approximate surface area is 183 Å². The number of anilines is 3. The van der Waals surface area contributed by atoms with Crippen molar-refractivity contribution in [3.8, 4) is 5.75 Å². The molecule has 0 bridgehead atoms. The maximum atomic E-state index is 12.7. The molecule has 10 heteroatoms. The van der Waals surface area contributed by atoms with Crippen LogP contribution in [0.3, 0.4) is 0 Å². The first-order valence-electron chi connectivity index (χ1n) is 9.76. The zero-order valence-corrected chi connectivity index (χ0v) is 17.7. The summed E-state index contributed by atoms with van der Waals surface area (Å²) >= 11 is 1.12. The van der Waals surface area contributed by atoms with Gasteiger partial charge in [0.25, 0.3) is 11.8 Å². The van der Waals surface area contributed by atoms with Crippen LogP contribution in [-0.4, -0.2) is 55.1 Å². The summed E-state index contributed by atoms with van der Waals surface area (Å²) < 4.78 is 5.11. The largest absolute Gasteiger partial charge is 0.497 e. The van der Waals surface area contributed by atoms with Crippen molar-refractivity contribution >= 4 is 40.2 Å². The number of pyridine rings is 1. The minimum Gasteiger partial charge on any atom is -0.497 e. The number of methoxy groups -OCH3 is 1. The summed E-state index contributed by atoms with van der Waals surface area (Å²) in [5, 5.41) is 10.7. The van der Waals surface area contributed by atoms with E-state index in [4.69, 9.17) is 4.74 Å². The fourth-order valence-electron chi connectivity index (χ4n) is 3.19. The van der Waals surface area contributed by atoms with E-state index in [-0.39, 0.29) is 22.5 Å².